The van der Waals surface area contributed by atoms with Crippen molar-refractivity contribution < 1.29 is 4.79 Å². The molecule has 0 saturated carbocycles. The van der Waals surface area contributed by atoms with Gasteiger partial charge in [0.25, 0.3) is 5.91 Å². The number of fused-ring (bicyclic) bond motifs is 1. The highest BCUT2D eigenvalue weighted by Gasteiger charge is 2.26. The highest BCUT2D eigenvalue weighted by Crippen LogP contribution is 2.32. The van der Waals surface area contributed by atoms with Gasteiger partial charge in [-0.3, -0.25) is 9.78 Å². The number of carbonyl (C=O) groups is 1. The standard InChI is InChI=1S/C15H14N2OS/c1-3-10-9(2)19-13-8-12(17-15(18)14(10)13)11-6-4-5-7-16-11/h4-7H,3,8H2,1-2H3. The molecule has 0 spiro atoms. The Morgan fingerprint density at radius 2 is 2.21 bits per heavy atom. The summed E-state index contributed by atoms with van der Waals surface area (Å²) < 4.78 is 0. The lowest BCUT2D eigenvalue weighted by molar-refractivity contribution is 0.1000. The Bertz CT molecular complexity index is 671. The minimum atomic E-state index is -0.108. The number of hydrogen-bond donors (Lipinski definition) is 0. The van der Waals surface area contributed by atoms with Gasteiger partial charge in [0, 0.05) is 22.4 Å². The molecule has 3 heterocycles. The molecule has 2 aromatic rings. The number of rotatable bonds is 2. The summed E-state index contributed by atoms with van der Waals surface area (Å²) in [5.74, 6) is -0.108. The van der Waals surface area contributed by atoms with Crippen molar-refractivity contribution in [1.82, 2.24) is 4.98 Å². The molecule has 0 atom stereocenters. The van der Waals surface area contributed by atoms with Gasteiger partial charge in [-0.1, -0.05) is 13.0 Å². The summed E-state index contributed by atoms with van der Waals surface area (Å²) >= 11 is 1.71. The van der Waals surface area contributed by atoms with Crippen molar-refractivity contribution in [3.8, 4) is 0 Å². The lowest BCUT2D eigenvalue weighted by Crippen LogP contribution is -2.17. The normalized spacial score (nSPS) is 14.2. The monoisotopic (exact) mass is 270 g/mol. The SMILES string of the molecule is CCc1c(C)sc2c1C(=O)N=C(c1ccccn1)C2. The second kappa shape index (κ2) is 4.70. The lowest BCUT2D eigenvalue weighted by atomic mass is 9.99. The molecule has 2 aromatic heterocycles. The zero-order valence-corrected chi connectivity index (χ0v) is 11.8. The van der Waals surface area contributed by atoms with Crippen LogP contribution in [0, 0.1) is 6.92 Å². The molecule has 1 aliphatic rings. The Morgan fingerprint density at radius 3 is 2.89 bits per heavy atom. The summed E-state index contributed by atoms with van der Waals surface area (Å²) in [6, 6.07) is 5.69. The van der Waals surface area contributed by atoms with Crippen LogP contribution >= 0.6 is 11.3 Å². The van der Waals surface area contributed by atoms with Crippen LogP contribution in [0.4, 0.5) is 0 Å². The summed E-state index contributed by atoms with van der Waals surface area (Å²) in [6.07, 6.45) is 3.33. The molecule has 0 bridgehead atoms. The number of carbonyl (C=O) groups excluding carboxylic acids is 1. The maximum atomic E-state index is 12.3. The van der Waals surface area contributed by atoms with Crippen molar-refractivity contribution in [3.05, 3.63) is 51.0 Å². The Morgan fingerprint density at radius 1 is 1.37 bits per heavy atom. The molecule has 96 valence electrons. The first-order valence-electron chi connectivity index (χ1n) is 6.35. The van der Waals surface area contributed by atoms with Crippen molar-refractivity contribution in [1.29, 1.82) is 0 Å². The Kier molecular flexibility index (Phi) is 3.03. The van der Waals surface area contributed by atoms with E-state index in [0.29, 0.717) is 6.42 Å². The van der Waals surface area contributed by atoms with E-state index >= 15 is 0 Å². The molecule has 0 N–H and O–H groups in total. The van der Waals surface area contributed by atoms with Crippen molar-refractivity contribution in [3.63, 3.8) is 0 Å². The third kappa shape index (κ3) is 2.02. The van der Waals surface area contributed by atoms with Gasteiger partial charge in [0.2, 0.25) is 0 Å². The number of aryl methyl sites for hydroxylation is 1. The number of aromatic nitrogens is 1. The van der Waals surface area contributed by atoms with Crippen LogP contribution in [0.25, 0.3) is 0 Å². The Hall–Kier alpha value is -1.81. The Balaban J connectivity index is 2.06. The van der Waals surface area contributed by atoms with Gasteiger partial charge in [0.05, 0.1) is 17.0 Å². The van der Waals surface area contributed by atoms with E-state index in [1.54, 1.807) is 17.5 Å². The molecule has 0 aliphatic carbocycles. The molecular formula is C15H14N2OS. The van der Waals surface area contributed by atoms with Gasteiger partial charge < -0.3 is 0 Å². The fourth-order valence-corrected chi connectivity index (χ4v) is 3.75. The summed E-state index contributed by atoms with van der Waals surface area (Å²) in [4.78, 5) is 23.1. The molecular weight excluding hydrogens is 256 g/mol. The highest BCUT2D eigenvalue weighted by atomic mass is 32.1. The molecule has 1 aliphatic heterocycles. The van der Waals surface area contributed by atoms with E-state index in [1.807, 2.05) is 18.2 Å². The number of nitrogens with zero attached hydrogens (tertiary/aromatic N) is 2. The summed E-state index contributed by atoms with van der Waals surface area (Å²) in [5.41, 5.74) is 3.58. The number of hydrogen-bond acceptors (Lipinski definition) is 3. The van der Waals surface area contributed by atoms with Crippen LogP contribution in [-0.2, 0) is 12.8 Å². The fourth-order valence-electron chi connectivity index (χ4n) is 2.49. The van der Waals surface area contributed by atoms with Gasteiger partial charge in [0.15, 0.2) is 0 Å². The maximum Gasteiger partial charge on any atom is 0.278 e. The van der Waals surface area contributed by atoms with Crippen LogP contribution in [-0.4, -0.2) is 16.6 Å². The number of pyridine rings is 1. The quantitative estimate of drug-likeness (QED) is 0.841. The van der Waals surface area contributed by atoms with Crippen molar-refractivity contribution in [2.45, 2.75) is 26.7 Å². The molecule has 4 heteroatoms. The van der Waals surface area contributed by atoms with Crippen molar-refractivity contribution in [2.24, 2.45) is 4.99 Å². The van der Waals surface area contributed by atoms with Gasteiger partial charge in [-0.25, -0.2) is 4.99 Å². The van der Waals surface area contributed by atoms with Crippen LogP contribution in [0.15, 0.2) is 29.4 Å². The summed E-state index contributed by atoms with van der Waals surface area (Å²) in [6.45, 7) is 4.16. The van der Waals surface area contributed by atoms with E-state index in [-0.39, 0.29) is 5.91 Å². The van der Waals surface area contributed by atoms with E-state index in [9.17, 15) is 4.79 Å². The molecule has 0 fully saturated rings. The van der Waals surface area contributed by atoms with Crippen molar-refractivity contribution >= 4 is 23.0 Å². The topological polar surface area (TPSA) is 42.3 Å². The first-order chi connectivity index (χ1) is 9.20. The largest absolute Gasteiger partial charge is 0.278 e. The molecule has 3 rings (SSSR count). The fraction of sp³-hybridized carbons (Fsp3) is 0.267. The average molecular weight is 270 g/mol. The van der Waals surface area contributed by atoms with E-state index < -0.39 is 0 Å². The zero-order chi connectivity index (χ0) is 13.4. The first kappa shape index (κ1) is 12.2. The number of amides is 1. The summed E-state index contributed by atoms with van der Waals surface area (Å²) in [5, 5.41) is 0. The smallest absolute Gasteiger partial charge is 0.267 e. The van der Waals surface area contributed by atoms with Crippen LogP contribution in [0.3, 0.4) is 0 Å². The zero-order valence-electron chi connectivity index (χ0n) is 10.9. The van der Waals surface area contributed by atoms with E-state index in [4.69, 9.17) is 0 Å². The minimum absolute atomic E-state index is 0.108. The van der Waals surface area contributed by atoms with E-state index in [2.05, 4.69) is 23.8 Å². The molecule has 0 aromatic carbocycles. The van der Waals surface area contributed by atoms with Crippen LogP contribution < -0.4 is 0 Å². The molecule has 0 unspecified atom stereocenters. The van der Waals surface area contributed by atoms with Gasteiger partial charge in [-0.2, -0.15) is 0 Å². The minimum Gasteiger partial charge on any atom is -0.267 e. The Labute approximate surface area is 116 Å². The predicted octanol–water partition coefficient (Wildman–Crippen LogP) is 3.20. The molecule has 19 heavy (non-hydrogen) atoms. The van der Waals surface area contributed by atoms with Gasteiger partial charge in [-0.05, 0) is 31.0 Å². The third-order valence-corrected chi connectivity index (χ3v) is 4.52. The molecule has 0 saturated heterocycles. The average Bonchev–Trinajstić information content (AvgIpc) is 2.75. The van der Waals surface area contributed by atoms with E-state index in [0.717, 1.165) is 33.8 Å². The third-order valence-electron chi connectivity index (χ3n) is 3.37. The van der Waals surface area contributed by atoms with Gasteiger partial charge in [-0.15, -0.1) is 11.3 Å². The van der Waals surface area contributed by atoms with E-state index in [1.165, 1.54) is 4.88 Å². The second-order valence-corrected chi connectivity index (χ2v) is 5.85. The lowest BCUT2D eigenvalue weighted by Gasteiger charge is -2.12. The summed E-state index contributed by atoms with van der Waals surface area (Å²) in [7, 11) is 0. The van der Waals surface area contributed by atoms with Gasteiger partial charge >= 0.3 is 0 Å². The van der Waals surface area contributed by atoms with Crippen LogP contribution in [0.1, 0.15) is 38.3 Å². The van der Waals surface area contributed by atoms with Crippen LogP contribution in [0.2, 0.25) is 0 Å². The predicted molar refractivity (Wildman–Crippen MR) is 77.2 cm³/mol. The molecule has 0 radical (unpaired) electrons. The number of thiophene rings is 1. The maximum absolute atomic E-state index is 12.3. The van der Waals surface area contributed by atoms with Gasteiger partial charge in [0.1, 0.15) is 0 Å². The molecule has 3 nitrogen and oxygen atoms in total. The molecule has 1 amide bonds. The van der Waals surface area contributed by atoms with Crippen molar-refractivity contribution in [2.75, 3.05) is 0 Å². The number of aliphatic imine (C=N–C) groups is 1. The van der Waals surface area contributed by atoms with Crippen LogP contribution in [0.5, 0.6) is 0 Å². The highest BCUT2D eigenvalue weighted by molar-refractivity contribution is 7.12. The first-order valence-corrected chi connectivity index (χ1v) is 7.16. The second-order valence-electron chi connectivity index (χ2n) is 4.54.